The summed E-state index contributed by atoms with van der Waals surface area (Å²) >= 11 is 6.89. The lowest BCUT2D eigenvalue weighted by molar-refractivity contribution is -0.172. The number of halogens is 1. The Labute approximate surface area is 231 Å². The minimum absolute atomic E-state index is 0.277. The molecule has 2 aliphatic rings. The Balaban J connectivity index is 1.47. The van der Waals surface area contributed by atoms with Gasteiger partial charge >= 0.3 is 0 Å². The maximum absolute atomic E-state index is 14.0. The lowest BCUT2D eigenvalue weighted by atomic mass is 9.84. The van der Waals surface area contributed by atoms with Gasteiger partial charge in [0.15, 0.2) is 6.10 Å². The average molecular weight is 542 g/mol. The molecule has 2 saturated heterocycles. The number of nitrogens with zero attached hydrogens (tertiary/aromatic N) is 2. The topological polar surface area (TPSA) is 92.9 Å². The number of nitrogens with two attached hydrogens (primary N) is 1. The molecule has 4 aromatic rings. The number of para-hydroxylation sites is 1. The van der Waals surface area contributed by atoms with Crippen molar-refractivity contribution < 1.29 is 19.2 Å². The summed E-state index contributed by atoms with van der Waals surface area (Å²) in [4.78, 5) is 46.4. The van der Waals surface area contributed by atoms with Gasteiger partial charge < -0.3 is 5.73 Å². The first-order chi connectivity index (χ1) is 19.0. The number of rotatable bonds is 8. The molecule has 2 aliphatic heterocycles. The van der Waals surface area contributed by atoms with Gasteiger partial charge in [0.25, 0.3) is 5.91 Å². The highest BCUT2D eigenvalue weighted by molar-refractivity contribution is 6.41. The van der Waals surface area contributed by atoms with Crippen LogP contribution in [0.5, 0.6) is 0 Å². The summed E-state index contributed by atoms with van der Waals surface area (Å²) in [7, 11) is 0. The van der Waals surface area contributed by atoms with Crippen LogP contribution < -0.4 is 10.6 Å². The largest absolute Gasteiger partial charge is 0.370 e. The number of fused-ring (bicyclic) bond motifs is 3. The van der Waals surface area contributed by atoms with Crippen molar-refractivity contribution in [2.24, 2.45) is 11.7 Å². The van der Waals surface area contributed by atoms with Crippen molar-refractivity contribution >= 4 is 56.6 Å². The van der Waals surface area contributed by atoms with Crippen molar-refractivity contribution in [2.45, 2.75) is 37.8 Å². The second-order valence-electron chi connectivity index (χ2n) is 10.1. The fourth-order valence-electron chi connectivity index (χ4n) is 5.99. The summed E-state index contributed by atoms with van der Waals surface area (Å²) < 4.78 is 0. The molecule has 2 N–H and O–H groups in total. The molecule has 8 heteroatoms. The highest BCUT2D eigenvalue weighted by Crippen LogP contribution is 2.50. The Bertz CT molecular complexity index is 1530. The van der Waals surface area contributed by atoms with Gasteiger partial charge in [0.2, 0.25) is 11.8 Å². The van der Waals surface area contributed by atoms with Crippen LogP contribution in [0.3, 0.4) is 0 Å². The third-order valence-corrected chi connectivity index (χ3v) is 8.12. The van der Waals surface area contributed by atoms with Crippen LogP contribution in [0.15, 0.2) is 78.9 Å². The zero-order valence-electron chi connectivity index (χ0n) is 21.3. The number of imide groups is 1. The van der Waals surface area contributed by atoms with Crippen LogP contribution >= 0.6 is 11.6 Å². The van der Waals surface area contributed by atoms with E-state index in [1.165, 1.54) is 4.90 Å². The molecule has 2 fully saturated rings. The first-order valence-corrected chi connectivity index (χ1v) is 13.6. The van der Waals surface area contributed by atoms with E-state index in [9.17, 15) is 14.4 Å². The maximum atomic E-state index is 14.0. The van der Waals surface area contributed by atoms with Crippen LogP contribution in [0.25, 0.3) is 21.5 Å². The fraction of sp³-hybridized carbons (Fsp3) is 0.258. The third kappa shape index (κ3) is 4.36. The standard InChI is InChI=1S/C31H28ClN3O4/c32-27-22-15-8-6-13-20(22)25(21-14-7-9-16-23(21)27)28-26-29(39-34(28)18-10-2-5-17-24(33)36)31(38)35(30(26)37)19-11-3-1-4-12-19/h1,3-4,6-9,11-16,26,28-29H,2,5,10,17-18H2,(H2,33,36). The van der Waals surface area contributed by atoms with Crippen molar-refractivity contribution in [3.05, 3.63) is 89.4 Å². The minimum atomic E-state index is -0.929. The molecule has 0 saturated carbocycles. The van der Waals surface area contributed by atoms with Crippen molar-refractivity contribution in [3.8, 4) is 0 Å². The van der Waals surface area contributed by atoms with Crippen molar-refractivity contribution in [1.82, 2.24) is 5.06 Å². The van der Waals surface area contributed by atoms with Crippen LogP contribution in [0.4, 0.5) is 5.69 Å². The molecule has 7 nitrogen and oxygen atoms in total. The van der Waals surface area contributed by atoms with E-state index in [2.05, 4.69) is 0 Å². The zero-order chi connectivity index (χ0) is 27.1. The average Bonchev–Trinajstić information content (AvgIpc) is 3.43. The number of benzene rings is 4. The van der Waals surface area contributed by atoms with Crippen LogP contribution in [0, 0.1) is 5.92 Å². The summed E-state index contributed by atoms with van der Waals surface area (Å²) in [6.07, 6.45) is 1.56. The number of primary amides is 1. The Morgan fingerprint density at radius 3 is 2.00 bits per heavy atom. The van der Waals surface area contributed by atoms with Gasteiger partial charge in [0, 0.05) is 23.7 Å². The number of hydrogen-bond donors (Lipinski definition) is 1. The van der Waals surface area contributed by atoms with E-state index in [0.29, 0.717) is 30.1 Å². The molecule has 3 amide bonds. The van der Waals surface area contributed by atoms with Crippen LogP contribution in [0.2, 0.25) is 5.02 Å². The number of carbonyl (C=O) groups excluding carboxylic acids is 3. The Kier molecular flexibility index (Phi) is 6.81. The summed E-state index contributed by atoms with van der Waals surface area (Å²) in [5.41, 5.74) is 6.76. The third-order valence-electron chi connectivity index (χ3n) is 7.71. The fourth-order valence-corrected chi connectivity index (χ4v) is 6.32. The van der Waals surface area contributed by atoms with Crippen molar-refractivity contribution in [3.63, 3.8) is 0 Å². The summed E-state index contributed by atoms with van der Waals surface area (Å²) in [6.45, 7) is 0.494. The molecule has 39 heavy (non-hydrogen) atoms. The predicted octanol–water partition coefficient (Wildman–Crippen LogP) is 5.54. The van der Waals surface area contributed by atoms with Gasteiger partial charge in [-0.2, -0.15) is 5.06 Å². The van der Waals surface area contributed by atoms with Crippen LogP contribution in [-0.2, 0) is 19.2 Å². The number of carbonyl (C=O) groups is 3. The van der Waals surface area contributed by atoms with Crippen LogP contribution in [-0.4, -0.2) is 35.4 Å². The molecule has 3 unspecified atom stereocenters. The number of anilines is 1. The molecule has 0 radical (unpaired) electrons. The first kappa shape index (κ1) is 25.5. The first-order valence-electron chi connectivity index (χ1n) is 13.2. The number of unbranched alkanes of at least 4 members (excludes halogenated alkanes) is 2. The van der Waals surface area contributed by atoms with Gasteiger partial charge in [-0.15, -0.1) is 0 Å². The van der Waals surface area contributed by atoms with Gasteiger partial charge in [-0.25, -0.2) is 4.90 Å². The molecule has 6 rings (SSSR count). The second-order valence-corrected chi connectivity index (χ2v) is 10.5. The molecule has 3 atom stereocenters. The van der Waals surface area contributed by atoms with E-state index in [-0.39, 0.29) is 17.7 Å². The van der Waals surface area contributed by atoms with Gasteiger partial charge in [-0.1, -0.05) is 84.8 Å². The van der Waals surface area contributed by atoms with E-state index in [1.54, 1.807) is 29.3 Å². The summed E-state index contributed by atoms with van der Waals surface area (Å²) in [5.74, 6) is -1.69. The smallest absolute Gasteiger partial charge is 0.265 e. The van der Waals surface area contributed by atoms with E-state index in [0.717, 1.165) is 39.9 Å². The monoisotopic (exact) mass is 541 g/mol. The van der Waals surface area contributed by atoms with Gasteiger partial charge in [-0.3, -0.25) is 19.2 Å². The highest BCUT2D eigenvalue weighted by atomic mass is 35.5. The van der Waals surface area contributed by atoms with E-state index in [4.69, 9.17) is 22.2 Å². The maximum Gasteiger partial charge on any atom is 0.265 e. The quantitative estimate of drug-likeness (QED) is 0.180. The van der Waals surface area contributed by atoms with Crippen molar-refractivity contribution in [2.75, 3.05) is 11.4 Å². The number of hydroxylamine groups is 2. The SMILES string of the molecule is NC(=O)CCCCCN1OC2C(=O)N(c3ccccc3)C(=O)C2C1c1c2ccccc2c(Cl)c2ccccc12. The summed E-state index contributed by atoms with van der Waals surface area (Å²) in [5, 5.41) is 6.07. The van der Waals surface area contributed by atoms with E-state index >= 15 is 0 Å². The van der Waals surface area contributed by atoms with Crippen molar-refractivity contribution in [1.29, 1.82) is 0 Å². The molecule has 2 heterocycles. The van der Waals surface area contributed by atoms with Gasteiger partial charge in [0.1, 0.15) is 0 Å². The summed E-state index contributed by atoms with van der Waals surface area (Å²) in [6, 6.07) is 24.2. The molecular formula is C31H28ClN3O4. The molecule has 0 aliphatic carbocycles. The van der Waals surface area contributed by atoms with Crippen LogP contribution in [0.1, 0.15) is 37.3 Å². The number of hydrogen-bond acceptors (Lipinski definition) is 5. The molecular weight excluding hydrogens is 514 g/mol. The highest BCUT2D eigenvalue weighted by Gasteiger charge is 2.60. The molecule has 0 bridgehead atoms. The Morgan fingerprint density at radius 2 is 1.38 bits per heavy atom. The van der Waals surface area contributed by atoms with E-state index in [1.807, 2.05) is 54.6 Å². The van der Waals surface area contributed by atoms with E-state index < -0.39 is 18.1 Å². The molecule has 0 spiro atoms. The lowest BCUT2D eigenvalue weighted by Gasteiger charge is -2.29. The molecule has 198 valence electrons. The minimum Gasteiger partial charge on any atom is -0.370 e. The second kappa shape index (κ2) is 10.4. The Hall–Kier alpha value is -3.78. The normalized spacial score (nSPS) is 21.3. The number of amides is 3. The van der Waals surface area contributed by atoms with Gasteiger partial charge in [-0.05, 0) is 41.3 Å². The molecule has 4 aromatic carbocycles. The van der Waals surface area contributed by atoms with Gasteiger partial charge in [0.05, 0.1) is 22.7 Å². The molecule has 0 aromatic heterocycles. The Morgan fingerprint density at radius 1 is 0.795 bits per heavy atom. The lowest BCUT2D eigenvalue weighted by Crippen LogP contribution is -2.37. The predicted molar refractivity (Wildman–Crippen MR) is 151 cm³/mol. The zero-order valence-corrected chi connectivity index (χ0v) is 22.0.